The van der Waals surface area contributed by atoms with Crippen molar-refractivity contribution in [2.45, 2.75) is 56.4 Å². The number of hydrazine groups is 1. The Morgan fingerprint density at radius 1 is 1.17 bits per heavy atom. The molecule has 1 amide bonds. The number of halogens is 1. The van der Waals surface area contributed by atoms with Gasteiger partial charge in [0.25, 0.3) is 0 Å². The van der Waals surface area contributed by atoms with Crippen LogP contribution in [0.5, 0.6) is 0 Å². The summed E-state index contributed by atoms with van der Waals surface area (Å²) >= 11 is 0. The Labute approximate surface area is 171 Å². The van der Waals surface area contributed by atoms with Gasteiger partial charge in [0.15, 0.2) is 0 Å². The van der Waals surface area contributed by atoms with Crippen LogP contribution in [0.2, 0.25) is 0 Å². The minimum Gasteiger partial charge on any atom is -0.327 e. The number of hydrogen-bond acceptors (Lipinski definition) is 6. The van der Waals surface area contributed by atoms with Crippen LogP contribution in [0.3, 0.4) is 0 Å². The SMILES string of the molecule is CN1C(=O)C2C(NNC2c2ccccc2)NC1N1CCC2(CC1)C[C@H](F)C[C@H]2N. The van der Waals surface area contributed by atoms with Crippen LogP contribution in [-0.2, 0) is 4.79 Å². The van der Waals surface area contributed by atoms with Gasteiger partial charge in [0.05, 0.1) is 18.1 Å². The predicted molar refractivity (Wildman–Crippen MR) is 108 cm³/mol. The number of rotatable bonds is 2. The van der Waals surface area contributed by atoms with Crippen LogP contribution in [-0.4, -0.2) is 60.5 Å². The van der Waals surface area contributed by atoms with Crippen LogP contribution in [0, 0.1) is 11.3 Å². The Hall–Kier alpha value is -1.58. The first kappa shape index (κ1) is 19.4. The largest absolute Gasteiger partial charge is 0.327 e. The minimum absolute atomic E-state index is 0.0463. The summed E-state index contributed by atoms with van der Waals surface area (Å²) in [6.07, 6.45) is 1.79. The maximum Gasteiger partial charge on any atom is 0.232 e. The van der Waals surface area contributed by atoms with Crippen molar-refractivity contribution in [3.63, 3.8) is 0 Å². The number of benzene rings is 1. The third-order valence-corrected chi connectivity index (χ3v) is 7.66. The summed E-state index contributed by atoms with van der Waals surface area (Å²) in [6, 6.07) is 9.97. The van der Waals surface area contributed by atoms with Crippen LogP contribution in [0.4, 0.5) is 4.39 Å². The van der Waals surface area contributed by atoms with Crippen molar-refractivity contribution in [1.82, 2.24) is 26.0 Å². The molecule has 4 aliphatic rings. The molecular weight excluding hydrogens is 371 g/mol. The molecule has 5 rings (SSSR count). The molecule has 3 aliphatic heterocycles. The number of carbonyl (C=O) groups excluding carboxylic acids is 1. The van der Waals surface area contributed by atoms with E-state index >= 15 is 0 Å². The van der Waals surface area contributed by atoms with E-state index in [-0.39, 0.29) is 41.8 Å². The van der Waals surface area contributed by atoms with Gasteiger partial charge < -0.3 is 10.6 Å². The smallest absolute Gasteiger partial charge is 0.232 e. The topological polar surface area (TPSA) is 85.7 Å². The molecule has 1 aromatic carbocycles. The predicted octanol–water partition coefficient (Wildman–Crippen LogP) is 0.664. The lowest BCUT2D eigenvalue weighted by Crippen LogP contribution is -2.70. The number of alkyl halides is 1. The number of carbonyl (C=O) groups is 1. The highest BCUT2D eigenvalue weighted by Gasteiger charge is 2.52. The molecule has 7 nitrogen and oxygen atoms in total. The Kier molecular flexibility index (Phi) is 4.87. The molecule has 0 aromatic heterocycles. The fourth-order valence-electron chi connectivity index (χ4n) is 5.90. The first-order chi connectivity index (χ1) is 14.0. The monoisotopic (exact) mass is 402 g/mol. The zero-order valence-corrected chi connectivity index (χ0v) is 16.9. The van der Waals surface area contributed by atoms with E-state index in [9.17, 15) is 9.18 Å². The van der Waals surface area contributed by atoms with E-state index in [2.05, 4.69) is 21.1 Å². The summed E-state index contributed by atoms with van der Waals surface area (Å²) in [6.45, 7) is 1.64. The molecule has 1 aromatic rings. The third kappa shape index (κ3) is 3.18. The van der Waals surface area contributed by atoms with Crippen molar-refractivity contribution in [1.29, 1.82) is 0 Å². The highest BCUT2D eigenvalue weighted by molar-refractivity contribution is 5.81. The number of fused-ring (bicyclic) bond motifs is 1. The number of nitrogens with two attached hydrogens (primary N) is 1. The fraction of sp³-hybridized carbons (Fsp3) is 0.667. The van der Waals surface area contributed by atoms with Crippen LogP contribution >= 0.6 is 0 Å². The normalized spacial score (nSPS) is 39.8. The number of amides is 1. The van der Waals surface area contributed by atoms with Gasteiger partial charge >= 0.3 is 0 Å². The number of piperidine rings is 1. The molecule has 1 saturated carbocycles. The zero-order chi connectivity index (χ0) is 20.2. The average Bonchev–Trinajstić information content (AvgIpc) is 3.27. The maximum atomic E-state index is 13.9. The highest BCUT2D eigenvalue weighted by atomic mass is 19.1. The van der Waals surface area contributed by atoms with Gasteiger partial charge in [-0.05, 0) is 36.7 Å². The van der Waals surface area contributed by atoms with Gasteiger partial charge in [-0.3, -0.25) is 15.0 Å². The molecule has 1 spiro atoms. The maximum absolute atomic E-state index is 13.9. The van der Waals surface area contributed by atoms with Crippen molar-refractivity contribution in [2.75, 3.05) is 20.1 Å². The summed E-state index contributed by atoms with van der Waals surface area (Å²) in [4.78, 5) is 17.4. The lowest BCUT2D eigenvalue weighted by molar-refractivity contribution is -0.151. The van der Waals surface area contributed by atoms with Gasteiger partial charge in [-0.25, -0.2) is 15.2 Å². The van der Waals surface area contributed by atoms with Crippen molar-refractivity contribution in [3.8, 4) is 0 Å². The minimum atomic E-state index is -0.766. The van der Waals surface area contributed by atoms with Gasteiger partial charge in [0.1, 0.15) is 12.5 Å². The molecule has 6 atom stereocenters. The van der Waals surface area contributed by atoms with Gasteiger partial charge in [0.2, 0.25) is 5.91 Å². The molecule has 1 aliphatic carbocycles. The summed E-state index contributed by atoms with van der Waals surface area (Å²) in [5, 5.41) is 3.62. The zero-order valence-electron chi connectivity index (χ0n) is 16.9. The van der Waals surface area contributed by atoms with E-state index in [1.54, 1.807) is 0 Å². The number of nitrogens with one attached hydrogen (secondary N) is 3. The molecular formula is C21H31FN6O. The Bertz CT molecular complexity index is 755. The van der Waals surface area contributed by atoms with E-state index < -0.39 is 6.17 Å². The Morgan fingerprint density at radius 2 is 1.90 bits per heavy atom. The molecule has 29 heavy (non-hydrogen) atoms. The number of likely N-dealkylation sites (tertiary alicyclic amines) is 1. The molecule has 0 radical (unpaired) electrons. The van der Waals surface area contributed by atoms with Gasteiger partial charge in [0, 0.05) is 26.2 Å². The molecule has 8 heteroatoms. The van der Waals surface area contributed by atoms with Crippen molar-refractivity contribution in [2.24, 2.45) is 17.1 Å². The lowest BCUT2D eigenvalue weighted by Gasteiger charge is -2.50. The van der Waals surface area contributed by atoms with Crippen LogP contribution in [0.15, 0.2) is 30.3 Å². The average molecular weight is 403 g/mol. The lowest BCUT2D eigenvalue weighted by atomic mass is 9.74. The first-order valence-electron chi connectivity index (χ1n) is 10.7. The summed E-state index contributed by atoms with van der Waals surface area (Å²) in [5.41, 5.74) is 13.9. The number of hydrogen-bond donors (Lipinski definition) is 4. The second-order valence-electron chi connectivity index (χ2n) is 9.21. The van der Waals surface area contributed by atoms with Crippen LogP contribution < -0.4 is 21.9 Å². The first-order valence-corrected chi connectivity index (χ1v) is 10.7. The van der Waals surface area contributed by atoms with Crippen LogP contribution in [0.1, 0.15) is 37.3 Å². The van der Waals surface area contributed by atoms with Gasteiger partial charge in [-0.1, -0.05) is 30.3 Å². The quantitative estimate of drug-likeness (QED) is 0.582. The summed E-state index contributed by atoms with van der Waals surface area (Å²) in [5.74, 6) is -0.0721. The molecule has 0 bridgehead atoms. The summed E-state index contributed by atoms with van der Waals surface area (Å²) < 4.78 is 13.9. The van der Waals surface area contributed by atoms with E-state index in [1.165, 1.54) is 0 Å². The Balaban J connectivity index is 1.28. The highest BCUT2D eigenvalue weighted by Crippen LogP contribution is 2.47. The molecule has 3 saturated heterocycles. The van der Waals surface area contributed by atoms with Crippen molar-refractivity contribution >= 4 is 5.91 Å². The second-order valence-corrected chi connectivity index (χ2v) is 9.21. The Morgan fingerprint density at radius 3 is 2.55 bits per heavy atom. The summed E-state index contributed by atoms with van der Waals surface area (Å²) in [7, 11) is 1.87. The van der Waals surface area contributed by atoms with Crippen molar-refractivity contribution < 1.29 is 9.18 Å². The molecule has 158 valence electrons. The van der Waals surface area contributed by atoms with Gasteiger partial charge in [-0.2, -0.15) is 0 Å². The van der Waals surface area contributed by atoms with E-state index in [0.29, 0.717) is 12.8 Å². The van der Waals surface area contributed by atoms with E-state index in [4.69, 9.17) is 5.73 Å². The third-order valence-electron chi connectivity index (χ3n) is 7.66. The van der Waals surface area contributed by atoms with Crippen LogP contribution in [0.25, 0.3) is 0 Å². The standard InChI is InChI=1S/C21H31FN6O/c1-27-19(29)16-17(13-5-3-2-4-6-13)25-26-18(16)24-20(27)28-9-7-21(8-10-28)12-14(22)11-15(21)23/h2-6,14-18,20,24-26H,7-12,23H2,1H3/t14-,15-,16?,17?,18?,20?/m1/s1. The second kappa shape index (κ2) is 7.28. The van der Waals surface area contributed by atoms with Crippen molar-refractivity contribution in [3.05, 3.63) is 35.9 Å². The fourth-order valence-corrected chi connectivity index (χ4v) is 5.90. The molecule has 4 unspecified atom stereocenters. The van der Waals surface area contributed by atoms with E-state index in [0.717, 1.165) is 31.5 Å². The number of nitrogens with zero attached hydrogens (tertiary/aromatic N) is 2. The molecule has 5 N–H and O–H groups in total. The molecule has 3 heterocycles. The van der Waals surface area contributed by atoms with E-state index in [1.807, 2.05) is 42.3 Å². The van der Waals surface area contributed by atoms with Gasteiger partial charge in [-0.15, -0.1) is 0 Å². The molecule has 4 fully saturated rings.